The maximum absolute atomic E-state index is 11.5. The van der Waals surface area contributed by atoms with Crippen LogP contribution in [-0.4, -0.2) is 29.8 Å². The third kappa shape index (κ3) is 4.47. The summed E-state index contributed by atoms with van der Waals surface area (Å²) in [6.07, 6.45) is 1.48. The second kappa shape index (κ2) is 7.46. The van der Waals surface area contributed by atoms with Crippen molar-refractivity contribution in [2.45, 2.75) is 23.9 Å². The predicted octanol–water partition coefficient (Wildman–Crippen LogP) is 3.28. The Morgan fingerprint density at radius 3 is 3.05 bits per heavy atom. The molecule has 0 aromatic carbocycles. The standard InChI is InChI=1S/C13H17N3O3S2/c1-8(2)6-14-12-15-16-13(21-12)20-7-10-9(4-5-19-10)11(17)18-3/h4-5,8H,6-7H2,1-3H3,(H,14,15). The number of nitrogens with zero attached hydrogens (tertiary/aromatic N) is 2. The van der Waals surface area contributed by atoms with Gasteiger partial charge in [0.2, 0.25) is 5.13 Å². The van der Waals surface area contributed by atoms with Crippen molar-refractivity contribution in [2.75, 3.05) is 19.0 Å². The largest absolute Gasteiger partial charge is 0.468 e. The number of hydrogen-bond acceptors (Lipinski definition) is 8. The SMILES string of the molecule is COC(=O)c1ccoc1CSc1nnc(NCC(C)C)s1. The van der Waals surface area contributed by atoms with Gasteiger partial charge in [-0.25, -0.2) is 4.79 Å². The predicted molar refractivity (Wildman–Crippen MR) is 82.8 cm³/mol. The van der Waals surface area contributed by atoms with Gasteiger partial charge in [0.25, 0.3) is 0 Å². The summed E-state index contributed by atoms with van der Waals surface area (Å²) in [5.41, 5.74) is 0.452. The summed E-state index contributed by atoms with van der Waals surface area (Å²) in [6, 6.07) is 1.61. The lowest BCUT2D eigenvalue weighted by Crippen LogP contribution is -2.07. The minimum Gasteiger partial charge on any atom is -0.468 e. The van der Waals surface area contributed by atoms with E-state index in [9.17, 15) is 4.79 Å². The molecule has 0 unspecified atom stereocenters. The molecule has 1 N–H and O–H groups in total. The highest BCUT2D eigenvalue weighted by Crippen LogP contribution is 2.29. The highest BCUT2D eigenvalue weighted by molar-refractivity contribution is 8.00. The van der Waals surface area contributed by atoms with Gasteiger partial charge in [0.1, 0.15) is 11.3 Å². The summed E-state index contributed by atoms with van der Waals surface area (Å²) in [4.78, 5) is 11.5. The normalized spacial score (nSPS) is 10.9. The summed E-state index contributed by atoms with van der Waals surface area (Å²) in [5, 5.41) is 12.2. The van der Waals surface area contributed by atoms with Gasteiger partial charge in [-0.05, 0) is 12.0 Å². The first-order chi connectivity index (χ1) is 10.1. The van der Waals surface area contributed by atoms with Gasteiger partial charge in [-0.15, -0.1) is 10.2 Å². The minimum absolute atomic E-state index is 0.393. The number of nitrogens with one attached hydrogen (secondary N) is 1. The Balaban J connectivity index is 1.91. The van der Waals surface area contributed by atoms with Crippen LogP contribution in [0, 0.1) is 5.92 Å². The van der Waals surface area contributed by atoms with Gasteiger partial charge in [0.15, 0.2) is 4.34 Å². The van der Waals surface area contributed by atoms with Crippen LogP contribution in [0.15, 0.2) is 21.1 Å². The number of carbonyl (C=O) groups is 1. The maximum atomic E-state index is 11.5. The van der Waals surface area contributed by atoms with Gasteiger partial charge in [0.05, 0.1) is 19.1 Å². The fraction of sp³-hybridized carbons (Fsp3) is 0.462. The zero-order valence-corrected chi connectivity index (χ0v) is 13.7. The topological polar surface area (TPSA) is 77.2 Å². The third-order valence-corrected chi connectivity index (χ3v) is 4.56. The van der Waals surface area contributed by atoms with Crippen LogP contribution in [0.4, 0.5) is 5.13 Å². The minimum atomic E-state index is -0.393. The molecule has 0 bridgehead atoms. The average molecular weight is 327 g/mol. The zero-order chi connectivity index (χ0) is 15.2. The molecule has 0 radical (unpaired) electrons. The third-order valence-electron chi connectivity index (χ3n) is 2.55. The molecule has 114 valence electrons. The highest BCUT2D eigenvalue weighted by atomic mass is 32.2. The number of thioether (sulfide) groups is 1. The summed E-state index contributed by atoms with van der Waals surface area (Å²) in [5.74, 6) is 1.25. The van der Waals surface area contributed by atoms with E-state index < -0.39 is 5.97 Å². The van der Waals surface area contributed by atoms with Crippen LogP contribution in [-0.2, 0) is 10.5 Å². The molecule has 8 heteroatoms. The second-order valence-corrected chi connectivity index (χ2v) is 6.89. The van der Waals surface area contributed by atoms with Crippen molar-refractivity contribution in [1.29, 1.82) is 0 Å². The average Bonchev–Trinajstić information content (AvgIpc) is 3.11. The van der Waals surface area contributed by atoms with E-state index in [2.05, 4.69) is 29.4 Å². The molecule has 0 saturated heterocycles. The highest BCUT2D eigenvalue weighted by Gasteiger charge is 2.16. The Morgan fingerprint density at radius 1 is 1.52 bits per heavy atom. The lowest BCUT2D eigenvalue weighted by molar-refractivity contribution is 0.0598. The molecular formula is C13H17N3O3S2. The van der Waals surface area contributed by atoms with Crippen LogP contribution in [0.5, 0.6) is 0 Å². The zero-order valence-electron chi connectivity index (χ0n) is 12.1. The Hall–Kier alpha value is -1.54. The van der Waals surface area contributed by atoms with Crippen molar-refractivity contribution in [3.63, 3.8) is 0 Å². The first-order valence-corrected chi connectivity index (χ1v) is 8.25. The van der Waals surface area contributed by atoms with E-state index in [-0.39, 0.29) is 0 Å². The molecule has 2 aromatic rings. The summed E-state index contributed by atoms with van der Waals surface area (Å²) in [7, 11) is 1.35. The van der Waals surface area contributed by atoms with Crippen molar-refractivity contribution in [1.82, 2.24) is 10.2 Å². The van der Waals surface area contributed by atoms with Crippen LogP contribution in [0.2, 0.25) is 0 Å². The monoisotopic (exact) mass is 327 g/mol. The van der Waals surface area contributed by atoms with Crippen molar-refractivity contribution >= 4 is 34.2 Å². The van der Waals surface area contributed by atoms with E-state index in [1.807, 2.05) is 0 Å². The maximum Gasteiger partial charge on any atom is 0.341 e. The van der Waals surface area contributed by atoms with Crippen LogP contribution in [0.25, 0.3) is 0 Å². The van der Waals surface area contributed by atoms with Gasteiger partial charge in [-0.2, -0.15) is 0 Å². The van der Waals surface area contributed by atoms with Gasteiger partial charge >= 0.3 is 5.97 Å². The number of anilines is 1. The number of hydrogen-bond donors (Lipinski definition) is 1. The summed E-state index contributed by atoms with van der Waals surface area (Å²) < 4.78 is 10.8. The van der Waals surface area contributed by atoms with Gasteiger partial charge in [-0.1, -0.05) is 36.9 Å². The number of ether oxygens (including phenoxy) is 1. The number of methoxy groups -OCH3 is 1. The molecule has 0 atom stereocenters. The fourth-order valence-corrected chi connectivity index (χ4v) is 3.21. The Labute approximate surface area is 131 Å². The molecular weight excluding hydrogens is 310 g/mol. The van der Waals surface area contributed by atoms with Crippen LogP contribution < -0.4 is 5.32 Å². The van der Waals surface area contributed by atoms with Crippen LogP contribution in [0.3, 0.4) is 0 Å². The van der Waals surface area contributed by atoms with E-state index in [1.165, 1.54) is 36.5 Å². The first-order valence-electron chi connectivity index (χ1n) is 6.45. The molecule has 2 heterocycles. The van der Waals surface area contributed by atoms with Crippen molar-refractivity contribution < 1.29 is 13.9 Å². The molecule has 0 amide bonds. The molecule has 2 aromatic heterocycles. The number of esters is 1. The number of furan rings is 1. The number of rotatable bonds is 7. The smallest absolute Gasteiger partial charge is 0.341 e. The molecule has 0 saturated carbocycles. The molecule has 0 fully saturated rings. The number of carbonyl (C=O) groups excluding carboxylic acids is 1. The fourth-order valence-electron chi connectivity index (χ4n) is 1.50. The Bertz CT molecular complexity index is 595. The van der Waals surface area contributed by atoms with E-state index >= 15 is 0 Å². The number of aromatic nitrogens is 2. The quantitative estimate of drug-likeness (QED) is 0.617. The van der Waals surface area contributed by atoms with Crippen molar-refractivity contribution in [2.24, 2.45) is 5.92 Å². The molecule has 0 aliphatic carbocycles. The molecule has 6 nitrogen and oxygen atoms in total. The van der Waals surface area contributed by atoms with Gasteiger partial charge < -0.3 is 14.5 Å². The van der Waals surface area contributed by atoms with E-state index in [0.717, 1.165) is 16.0 Å². The lowest BCUT2D eigenvalue weighted by Gasteiger charge is -2.03. The Morgan fingerprint density at radius 2 is 2.33 bits per heavy atom. The van der Waals surface area contributed by atoms with Crippen LogP contribution in [0.1, 0.15) is 30.0 Å². The second-order valence-electron chi connectivity index (χ2n) is 4.69. The summed E-state index contributed by atoms with van der Waals surface area (Å²) >= 11 is 2.97. The van der Waals surface area contributed by atoms with Crippen molar-refractivity contribution in [3.8, 4) is 0 Å². The molecule has 0 aliphatic heterocycles. The van der Waals surface area contributed by atoms with Crippen molar-refractivity contribution in [3.05, 3.63) is 23.7 Å². The van der Waals surface area contributed by atoms with Gasteiger partial charge in [0, 0.05) is 6.54 Å². The summed E-state index contributed by atoms with van der Waals surface area (Å²) in [6.45, 7) is 5.13. The molecule has 2 rings (SSSR count). The van der Waals surface area contributed by atoms with E-state index in [4.69, 9.17) is 9.15 Å². The molecule has 0 spiro atoms. The van der Waals surface area contributed by atoms with Crippen LogP contribution >= 0.6 is 23.1 Å². The Kier molecular flexibility index (Phi) is 5.63. The molecule has 21 heavy (non-hydrogen) atoms. The molecule has 0 aliphatic rings. The van der Waals surface area contributed by atoms with Gasteiger partial charge in [-0.3, -0.25) is 0 Å². The van der Waals surface area contributed by atoms with E-state index in [0.29, 0.717) is 23.0 Å². The first kappa shape index (κ1) is 15.8. The van der Waals surface area contributed by atoms with E-state index in [1.54, 1.807) is 6.07 Å². The lowest BCUT2D eigenvalue weighted by atomic mass is 10.2.